The number of hydrogen-bond donors (Lipinski definition) is 2. The van der Waals surface area contributed by atoms with Gasteiger partial charge in [0.25, 0.3) is 0 Å². The Bertz CT molecular complexity index is 771. The van der Waals surface area contributed by atoms with Crippen LogP contribution in [0.4, 0.5) is 22.0 Å². The molecule has 2 N–H and O–H groups in total. The van der Waals surface area contributed by atoms with E-state index in [1.165, 1.54) is 13.8 Å². The fraction of sp³-hybridized carbons (Fsp3) is 0.529. The van der Waals surface area contributed by atoms with Crippen molar-refractivity contribution in [3.8, 4) is 11.8 Å². The van der Waals surface area contributed by atoms with Gasteiger partial charge in [0.05, 0.1) is 18.4 Å². The molecule has 1 amide bonds. The maximum absolute atomic E-state index is 13.7. The van der Waals surface area contributed by atoms with Gasteiger partial charge in [0, 0.05) is 17.7 Å². The molecular formula is C17H17F5N2O3. The molecular weight excluding hydrogens is 375 g/mol. The number of aliphatic hydroxyl groups excluding tert-OH is 1. The van der Waals surface area contributed by atoms with E-state index in [4.69, 9.17) is 10.00 Å². The third kappa shape index (κ3) is 3.83. The van der Waals surface area contributed by atoms with Crippen molar-refractivity contribution in [1.82, 2.24) is 5.32 Å². The van der Waals surface area contributed by atoms with Crippen molar-refractivity contribution in [2.24, 2.45) is 0 Å². The SMILES string of the molecule is CC1(C)Oc2ccc(C(F)(F)C(F)(F)F)cc2C(C(=O)NCCC#N)C1O. The van der Waals surface area contributed by atoms with Crippen molar-refractivity contribution in [3.05, 3.63) is 29.3 Å². The van der Waals surface area contributed by atoms with Gasteiger partial charge in [0.15, 0.2) is 0 Å². The zero-order chi connectivity index (χ0) is 20.6. The molecule has 1 aromatic carbocycles. The van der Waals surface area contributed by atoms with E-state index in [9.17, 15) is 31.9 Å². The highest BCUT2D eigenvalue weighted by atomic mass is 19.4. The predicted molar refractivity (Wildman–Crippen MR) is 83.1 cm³/mol. The minimum absolute atomic E-state index is 0.0342. The minimum atomic E-state index is -5.82. The van der Waals surface area contributed by atoms with Crippen LogP contribution < -0.4 is 10.1 Å². The van der Waals surface area contributed by atoms with E-state index in [0.29, 0.717) is 12.1 Å². The molecule has 27 heavy (non-hydrogen) atoms. The quantitative estimate of drug-likeness (QED) is 0.610. The summed E-state index contributed by atoms with van der Waals surface area (Å²) in [7, 11) is 0. The van der Waals surface area contributed by atoms with Gasteiger partial charge in [-0.2, -0.15) is 27.2 Å². The Kier molecular flexibility index (Phi) is 5.39. The molecule has 2 atom stereocenters. The van der Waals surface area contributed by atoms with Gasteiger partial charge in [0.2, 0.25) is 5.91 Å². The Balaban J connectivity index is 2.52. The number of carbonyl (C=O) groups is 1. The van der Waals surface area contributed by atoms with Gasteiger partial charge in [-0.3, -0.25) is 4.79 Å². The number of alkyl halides is 5. The Morgan fingerprint density at radius 3 is 2.52 bits per heavy atom. The first kappa shape index (κ1) is 20.9. The normalized spacial score (nSPS) is 21.6. The molecule has 1 aromatic rings. The van der Waals surface area contributed by atoms with Gasteiger partial charge < -0.3 is 15.2 Å². The number of carbonyl (C=O) groups excluding carboxylic acids is 1. The van der Waals surface area contributed by atoms with E-state index >= 15 is 0 Å². The van der Waals surface area contributed by atoms with E-state index in [1.54, 1.807) is 6.07 Å². The molecule has 1 heterocycles. The van der Waals surface area contributed by atoms with Crippen LogP contribution in [-0.4, -0.2) is 35.4 Å². The lowest BCUT2D eigenvalue weighted by molar-refractivity contribution is -0.289. The lowest BCUT2D eigenvalue weighted by Gasteiger charge is -2.41. The van der Waals surface area contributed by atoms with Crippen LogP contribution in [0.25, 0.3) is 0 Å². The highest BCUT2D eigenvalue weighted by Crippen LogP contribution is 2.48. The number of hydrogen-bond acceptors (Lipinski definition) is 4. The topological polar surface area (TPSA) is 82.3 Å². The number of halogens is 5. The molecule has 148 valence electrons. The molecule has 0 spiro atoms. The van der Waals surface area contributed by atoms with Crippen LogP contribution >= 0.6 is 0 Å². The highest BCUT2D eigenvalue weighted by molar-refractivity contribution is 5.86. The zero-order valence-corrected chi connectivity index (χ0v) is 14.4. The number of nitriles is 1. The summed E-state index contributed by atoms with van der Waals surface area (Å²) < 4.78 is 70.9. The molecule has 0 bridgehead atoms. The van der Waals surface area contributed by atoms with Crippen LogP contribution in [-0.2, 0) is 10.7 Å². The fourth-order valence-corrected chi connectivity index (χ4v) is 2.79. The molecule has 0 saturated heterocycles. The largest absolute Gasteiger partial charge is 0.485 e. The second-order valence-electron chi connectivity index (χ2n) is 6.65. The summed E-state index contributed by atoms with van der Waals surface area (Å²) in [6, 6.07) is 3.81. The number of nitrogens with zero attached hydrogens (tertiary/aromatic N) is 1. The molecule has 0 fully saturated rings. The number of benzene rings is 1. The molecule has 0 aliphatic carbocycles. The summed E-state index contributed by atoms with van der Waals surface area (Å²) in [6.07, 6.45) is -7.37. The average molecular weight is 392 g/mol. The van der Waals surface area contributed by atoms with Crippen LogP contribution in [0.2, 0.25) is 0 Å². The Hall–Kier alpha value is -2.41. The molecule has 1 aliphatic rings. The monoisotopic (exact) mass is 392 g/mol. The molecule has 2 rings (SSSR count). The standard InChI is InChI=1S/C17H17F5N2O3/c1-15(2)13(25)12(14(26)24-7-3-6-23)10-8-9(4-5-11(10)27-15)16(18,19)17(20,21)22/h4-5,8,12-13,25H,3,7H2,1-2H3,(H,24,26). The fourth-order valence-electron chi connectivity index (χ4n) is 2.79. The van der Waals surface area contributed by atoms with E-state index in [0.717, 1.165) is 6.07 Å². The smallest absolute Gasteiger partial charge is 0.458 e. The molecule has 0 aromatic heterocycles. The number of amides is 1. The first-order valence-electron chi connectivity index (χ1n) is 7.93. The number of nitrogens with one attached hydrogen (secondary N) is 1. The summed E-state index contributed by atoms with van der Waals surface area (Å²) in [5.74, 6) is -7.45. The van der Waals surface area contributed by atoms with Crippen molar-refractivity contribution in [3.63, 3.8) is 0 Å². The van der Waals surface area contributed by atoms with Crippen molar-refractivity contribution in [1.29, 1.82) is 5.26 Å². The van der Waals surface area contributed by atoms with E-state index in [1.807, 2.05) is 0 Å². The third-order valence-electron chi connectivity index (χ3n) is 4.28. The molecule has 2 unspecified atom stereocenters. The van der Waals surface area contributed by atoms with Gasteiger partial charge >= 0.3 is 12.1 Å². The first-order chi connectivity index (χ1) is 12.3. The van der Waals surface area contributed by atoms with Crippen LogP contribution in [0.1, 0.15) is 37.3 Å². The molecule has 5 nitrogen and oxygen atoms in total. The lowest BCUT2D eigenvalue weighted by Crippen LogP contribution is -2.53. The number of aliphatic hydroxyl groups is 1. The average Bonchev–Trinajstić information content (AvgIpc) is 2.54. The van der Waals surface area contributed by atoms with Crippen molar-refractivity contribution >= 4 is 5.91 Å². The molecule has 0 radical (unpaired) electrons. The molecule has 1 aliphatic heterocycles. The Morgan fingerprint density at radius 2 is 1.96 bits per heavy atom. The van der Waals surface area contributed by atoms with Gasteiger partial charge in [0.1, 0.15) is 17.5 Å². The number of fused-ring (bicyclic) bond motifs is 1. The second kappa shape index (κ2) is 6.96. The van der Waals surface area contributed by atoms with Gasteiger partial charge in [-0.25, -0.2) is 0 Å². The summed E-state index contributed by atoms with van der Waals surface area (Å²) >= 11 is 0. The number of rotatable bonds is 4. The highest BCUT2D eigenvalue weighted by Gasteiger charge is 2.59. The maximum atomic E-state index is 13.7. The number of ether oxygens (including phenoxy) is 1. The second-order valence-corrected chi connectivity index (χ2v) is 6.65. The van der Waals surface area contributed by atoms with Crippen molar-refractivity contribution in [2.75, 3.05) is 6.54 Å². The lowest BCUT2D eigenvalue weighted by atomic mass is 9.80. The zero-order valence-electron chi connectivity index (χ0n) is 14.4. The van der Waals surface area contributed by atoms with Crippen molar-refractivity contribution in [2.45, 2.75) is 50.0 Å². The maximum Gasteiger partial charge on any atom is 0.458 e. The van der Waals surface area contributed by atoms with Crippen LogP contribution in [0.3, 0.4) is 0 Å². The van der Waals surface area contributed by atoms with E-state index in [-0.39, 0.29) is 24.3 Å². The summed E-state index contributed by atoms with van der Waals surface area (Å²) in [5.41, 5.74) is -2.94. The summed E-state index contributed by atoms with van der Waals surface area (Å²) in [6.45, 7) is 2.84. The third-order valence-corrected chi connectivity index (χ3v) is 4.28. The predicted octanol–water partition coefficient (Wildman–Crippen LogP) is 2.99. The summed E-state index contributed by atoms with van der Waals surface area (Å²) in [5, 5.41) is 21.4. The first-order valence-corrected chi connectivity index (χ1v) is 7.93. The van der Waals surface area contributed by atoms with Gasteiger partial charge in [-0.1, -0.05) is 0 Å². The Morgan fingerprint density at radius 1 is 1.33 bits per heavy atom. The van der Waals surface area contributed by atoms with Crippen LogP contribution in [0, 0.1) is 11.3 Å². The molecule has 10 heteroatoms. The van der Waals surface area contributed by atoms with E-state index < -0.39 is 41.2 Å². The van der Waals surface area contributed by atoms with Crippen molar-refractivity contribution < 1.29 is 36.6 Å². The van der Waals surface area contributed by atoms with Crippen LogP contribution in [0.15, 0.2) is 18.2 Å². The minimum Gasteiger partial charge on any atom is -0.485 e. The van der Waals surface area contributed by atoms with E-state index in [2.05, 4.69) is 5.32 Å². The Labute approximate surface area is 151 Å². The van der Waals surface area contributed by atoms with Gasteiger partial charge in [-0.05, 0) is 32.0 Å². The molecule has 0 saturated carbocycles. The van der Waals surface area contributed by atoms with Gasteiger partial charge in [-0.15, -0.1) is 0 Å². The van der Waals surface area contributed by atoms with Crippen LogP contribution in [0.5, 0.6) is 5.75 Å². The summed E-state index contributed by atoms with van der Waals surface area (Å²) in [4.78, 5) is 12.4.